The van der Waals surface area contributed by atoms with E-state index >= 15 is 0 Å². The van der Waals surface area contributed by atoms with E-state index < -0.39 is 0 Å². The fourth-order valence-corrected chi connectivity index (χ4v) is 4.00. The van der Waals surface area contributed by atoms with Gasteiger partial charge in [0, 0.05) is 44.5 Å². The molecule has 3 atom stereocenters. The number of nitrogens with zero attached hydrogens (tertiary/aromatic N) is 3. The molecule has 2 aromatic heterocycles. The third kappa shape index (κ3) is 3.34. The number of ether oxygens (including phenoxy) is 1. The van der Waals surface area contributed by atoms with Crippen molar-refractivity contribution < 1.29 is 13.9 Å². The van der Waals surface area contributed by atoms with Gasteiger partial charge in [0.1, 0.15) is 5.82 Å². The number of hydrogen-bond acceptors (Lipinski definition) is 5. The van der Waals surface area contributed by atoms with Gasteiger partial charge in [-0.1, -0.05) is 0 Å². The second-order valence-corrected chi connectivity index (χ2v) is 6.85. The third-order valence-electron chi connectivity index (χ3n) is 5.37. The summed E-state index contributed by atoms with van der Waals surface area (Å²) >= 11 is 0. The van der Waals surface area contributed by atoms with Crippen molar-refractivity contribution in [3.05, 3.63) is 42.4 Å². The summed E-state index contributed by atoms with van der Waals surface area (Å²) in [6.07, 6.45) is 7.66. The summed E-state index contributed by atoms with van der Waals surface area (Å²) in [6.45, 7) is 3.13. The van der Waals surface area contributed by atoms with Crippen LogP contribution in [0.2, 0.25) is 0 Å². The number of aryl methyl sites for hydroxylation is 1. The fourth-order valence-electron chi connectivity index (χ4n) is 4.00. The largest absolute Gasteiger partial charge is 0.459 e. The molecule has 0 bridgehead atoms. The van der Waals surface area contributed by atoms with Crippen LogP contribution < -0.4 is 5.32 Å². The Morgan fingerprint density at radius 2 is 2.36 bits per heavy atom. The third-order valence-corrected chi connectivity index (χ3v) is 5.37. The number of amides is 1. The zero-order valence-electron chi connectivity index (χ0n) is 14.4. The minimum absolute atomic E-state index is 0.158. The fraction of sp³-hybridized carbons (Fsp3) is 0.556. The van der Waals surface area contributed by atoms with E-state index in [2.05, 4.69) is 19.8 Å². The highest BCUT2D eigenvalue weighted by Crippen LogP contribution is 2.35. The van der Waals surface area contributed by atoms with Gasteiger partial charge in [0.2, 0.25) is 0 Å². The summed E-state index contributed by atoms with van der Waals surface area (Å²) in [5.41, 5.74) is 0. The van der Waals surface area contributed by atoms with Crippen LogP contribution in [-0.4, -0.2) is 52.2 Å². The van der Waals surface area contributed by atoms with Crippen LogP contribution in [0.4, 0.5) is 0 Å². The lowest BCUT2D eigenvalue weighted by atomic mass is 10.0. The number of fused-ring (bicyclic) bond motifs is 1. The van der Waals surface area contributed by atoms with E-state index in [1.807, 2.05) is 19.4 Å². The molecule has 134 valence electrons. The van der Waals surface area contributed by atoms with Gasteiger partial charge in [-0.3, -0.25) is 9.69 Å². The van der Waals surface area contributed by atoms with Crippen molar-refractivity contribution in [1.82, 2.24) is 19.8 Å². The summed E-state index contributed by atoms with van der Waals surface area (Å²) in [4.78, 5) is 19.0. The Balaban J connectivity index is 1.36. The average molecular weight is 344 g/mol. The van der Waals surface area contributed by atoms with Crippen molar-refractivity contribution in [1.29, 1.82) is 0 Å². The number of imidazole rings is 1. The smallest absolute Gasteiger partial charge is 0.286 e. The minimum Gasteiger partial charge on any atom is -0.459 e. The standard InChI is InChI=1S/C18H24N4O3/c1-21-7-6-19-16(21)12-22-8-10-25-17-13(4-5-14(17)22)11-20-18(23)15-3-2-9-24-15/h2-3,6-7,9,13-14,17H,4-5,8,10-12H2,1H3,(H,20,23)/t13?,14-,17-/m0/s1. The Hall–Kier alpha value is -2.12. The van der Waals surface area contributed by atoms with Gasteiger partial charge in [-0.05, 0) is 25.0 Å². The lowest BCUT2D eigenvalue weighted by molar-refractivity contribution is -0.0766. The van der Waals surface area contributed by atoms with Crippen molar-refractivity contribution in [3.8, 4) is 0 Å². The molecule has 3 heterocycles. The molecule has 25 heavy (non-hydrogen) atoms. The predicted molar refractivity (Wildman–Crippen MR) is 90.9 cm³/mol. The van der Waals surface area contributed by atoms with Crippen LogP contribution in [0.5, 0.6) is 0 Å². The molecule has 0 aromatic carbocycles. The normalized spacial score (nSPS) is 26.5. The Morgan fingerprint density at radius 1 is 1.44 bits per heavy atom. The molecule has 7 nitrogen and oxygen atoms in total. The van der Waals surface area contributed by atoms with Crippen LogP contribution >= 0.6 is 0 Å². The second kappa shape index (κ2) is 7.01. The van der Waals surface area contributed by atoms with Crippen molar-refractivity contribution >= 4 is 5.91 Å². The molecule has 1 amide bonds. The van der Waals surface area contributed by atoms with E-state index in [1.54, 1.807) is 12.1 Å². The summed E-state index contributed by atoms with van der Waals surface area (Å²) in [5.74, 6) is 1.62. The number of aromatic nitrogens is 2. The van der Waals surface area contributed by atoms with Gasteiger partial charge in [-0.25, -0.2) is 4.98 Å². The van der Waals surface area contributed by atoms with Crippen LogP contribution in [-0.2, 0) is 18.3 Å². The summed E-state index contributed by atoms with van der Waals surface area (Å²) < 4.78 is 13.3. The summed E-state index contributed by atoms with van der Waals surface area (Å²) in [5, 5.41) is 2.98. The molecule has 2 aromatic rings. The molecule has 2 aliphatic rings. The molecule has 1 unspecified atom stereocenters. The monoisotopic (exact) mass is 344 g/mol. The molecule has 0 spiro atoms. The molecular formula is C18H24N4O3. The van der Waals surface area contributed by atoms with Gasteiger partial charge in [-0.15, -0.1) is 0 Å². The van der Waals surface area contributed by atoms with Crippen molar-refractivity contribution in [2.24, 2.45) is 13.0 Å². The Kier molecular flexibility index (Phi) is 4.59. The lowest BCUT2D eigenvalue weighted by Crippen LogP contribution is -2.51. The number of hydrogen-bond donors (Lipinski definition) is 1. The Labute approximate surface area is 147 Å². The average Bonchev–Trinajstić information content (AvgIpc) is 3.35. The molecule has 1 aliphatic carbocycles. The van der Waals surface area contributed by atoms with E-state index in [9.17, 15) is 4.79 Å². The number of furan rings is 1. The van der Waals surface area contributed by atoms with Gasteiger partial charge in [0.05, 0.1) is 25.5 Å². The van der Waals surface area contributed by atoms with Crippen molar-refractivity contribution in [3.63, 3.8) is 0 Å². The van der Waals surface area contributed by atoms with Crippen LogP contribution in [0, 0.1) is 5.92 Å². The Bertz CT molecular complexity index is 712. The van der Waals surface area contributed by atoms with Gasteiger partial charge in [-0.2, -0.15) is 0 Å². The Morgan fingerprint density at radius 3 is 3.12 bits per heavy atom. The van der Waals surface area contributed by atoms with Gasteiger partial charge in [0.25, 0.3) is 5.91 Å². The maximum atomic E-state index is 12.1. The number of carbonyl (C=O) groups is 1. The molecular weight excluding hydrogens is 320 g/mol. The maximum Gasteiger partial charge on any atom is 0.286 e. The quantitative estimate of drug-likeness (QED) is 0.888. The predicted octanol–water partition coefficient (Wildman–Crippen LogP) is 1.42. The molecule has 1 saturated carbocycles. The molecule has 1 aliphatic heterocycles. The zero-order valence-corrected chi connectivity index (χ0v) is 14.4. The highest BCUT2D eigenvalue weighted by atomic mass is 16.5. The van der Waals surface area contributed by atoms with Gasteiger partial charge < -0.3 is 19.0 Å². The van der Waals surface area contributed by atoms with E-state index in [0.717, 1.165) is 38.4 Å². The van der Waals surface area contributed by atoms with Crippen LogP contribution in [0.1, 0.15) is 29.2 Å². The maximum absolute atomic E-state index is 12.1. The van der Waals surface area contributed by atoms with E-state index in [0.29, 0.717) is 24.3 Å². The number of rotatable bonds is 5. The first-order chi connectivity index (χ1) is 12.2. The number of nitrogens with one attached hydrogen (secondary N) is 1. The van der Waals surface area contributed by atoms with Crippen molar-refractivity contribution in [2.45, 2.75) is 31.5 Å². The zero-order chi connectivity index (χ0) is 17.2. The first kappa shape index (κ1) is 16.4. The number of carbonyl (C=O) groups excluding carboxylic acids is 1. The highest BCUT2D eigenvalue weighted by molar-refractivity contribution is 5.91. The summed E-state index contributed by atoms with van der Waals surface area (Å²) in [7, 11) is 2.03. The van der Waals surface area contributed by atoms with Gasteiger partial charge in [0.15, 0.2) is 5.76 Å². The SMILES string of the molecule is Cn1ccnc1CN1CCO[C@H]2C(CNC(=O)c3ccco3)CC[C@@H]21. The van der Waals surface area contributed by atoms with E-state index in [1.165, 1.54) is 6.26 Å². The molecule has 2 fully saturated rings. The van der Waals surface area contributed by atoms with E-state index in [4.69, 9.17) is 9.15 Å². The van der Waals surface area contributed by atoms with Crippen molar-refractivity contribution in [2.75, 3.05) is 19.7 Å². The van der Waals surface area contributed by atoms with Gasteiger partial charge >= 0.3 is 0 Å². The minimum atomic E-state index is -0.158. The molecule has 1 saturated heterocycles. The van der Waals surface area contributed by atoms with Crippen LogP contribution in [0.15, 0.2) is 35.2 Å². The number of morpholine rings is 1. The van der Waals surface area contributed by atoms with Crippen LogP contribution in [0.25, 0.3) is 0 Å². The molecule has 0 radical (unpaired) electrons. The molecule has 7 heteroatoms. The molecule has 1 N–H and O–H groups in total. The first-order valence-electron chi connectivity index (χ1n) is 8.86. The topological polar surface area (TPSA) is 72.5 Å². The van der Waals surface area contributed by atoms with Crippen LogP contribution in [0.3, 0.4) is 0 Å². The van der Waals surface area contributed by atoms with E-state index in [-0.39, 0.29) is 12.0 Å². The highest BCUT2D eigenvalue weighted by Gasteiger charge is 2.42. The summed E-state index contributed by atoms with van der Waals surface area (Å²) in [6, 6.07) is 3.80. The lowest BCUT2D eigenvalue weighted by Gasteiger charge is -2.39. The second-order valence-electron chi connectivity index (χ2n) is 6.85. The first-order valence-corrected chi connectivity index (χ1v) is 8.86. The molecule has 4 rings (SSSR count).